The van der Waals surface area contributed by atoms with Crippen LogP contribution in [0.3, 0.4) is 0 Å². The summed E-state index contributed by atoms with van der Waals surface area (Å²) in [6.45, 7) is 4.09. The molecule has 3 aromatic carbocycles. The SMILES string of the molecule is Cc1cc2c(C)c[nH]c2cc1C(=O)NC1(c2cccc3ccccc23)CC1. The van der Waals surface area contributed by atoms with Gasteiger partial charge in [0.15, 0.2) is 0 Å². The Morgan fingerprint density at radius 2 is 1.74 bits per heavy atom. The van der Waals surface area contributed by atoms with Crippen molar-refractivity contribution in [1.82, 2.24) is 10.3 Å². The number of carbonyl (C=O) groups is 1. The van der Waals surface area contributed by atoms with Crippen LogP contribution in [0.4, 0.5) is 0 Å². The van der Waals surface area contributed by atoms with Gasteiger partial charge >= 0.3 is 0 Å². The molecule has 1 heterocycles. The first-order valence-corrected chi connectivity index (χ1v) is 9.46. The number of benzene rings is 3. The van der Waals surface area contributed by atoms with Gasteiger partial charge in [0, 0.05) is 22.7 Å². The monoisotopic (exact) mass is 354 g/mol. The van der Waals surface area contributed by atoms with Crippen molar-refractivity contribution in [2.75, 3.05) is 0 Å². The smallest absolute Gasteiger partial charge is 0.252 e. The summed E-state index contributed by atoms with van der Waals surface area (Å²) in [4.78, 5) is 16.4. The van der Waals surface area contributed by atoms with E-state index in [1.807, 2.05) is 19.2 Å². The molecule has 3 heteroatoms. The number of aryl methyl sites for hydroxylation is 2. The second-order valence-corrected chi connectivity index (χ2v) is 7.75. The van der Waals surface area contributed by atoms with E-state index < -0.39 is 0 Å². The van der Waals surface area contributed by atoms with E-state index in [1.54, 1.807) is 0 Å². The number of nitrogens with one attached hydrogen (secondary N) is 2. The number of amides is 1. The fraction of sp³-hybridized carbons (Fsp3) is 0.208. The minimum Gasteiger partial charge on any atom is -0.361 e. The number of fused-ring (bicyclic) bond motifs is 2. The molecular weight excluding hydrogens is 332 g/mol. The van der Waals surface area contributed by atoms with Crippen LogP contribution in [0.15, 0.2) is 60.8 Å². The van der Waals surface area contributed by atoms with Crippen LogP contribution in [0.2, 0.25) is 0 Å². The van der Waals surface area contributed by atoms with Crippen molar-refractivity contribution in [2.24, 2.45) is 0 Å². The topological polar surface area (TPSA) is 44.9 Å². The first-order chi connectivity index (χ1) is 13.1. The highest BCUT2D eigenvalue weighted by atomic mass is 16.1. The molecule has 0 aliphatic heterocycles. The minimum atomic E-state index is -0.245. The summed E-state index contributed by atoms with van der Waals surface area (Å²) in [6, 6.07) is 18.8. The highest BCUT2D eigenvalue weighted by Gasteiger charge is 2.46. The Morgan fingerprint density at radius 3 is 2.56 bits per heavy atom. The van der Waals surface area contributed by atoms with E-state index in [4.69, 9.17) is 0 Å². The van der Waals surface area contributed by atoms with Crippen molar-refractivity contribution < 1.29 is 4.79 Å². The van der Waals surface area contributed by atoms with Gasteiger partial charge < -0.3 is 10.3 Å². The summed E-state index contributed by atoms with van der Waals surface area (Å²) in [7, 11) is 0. The van der Waals surface area contributed by atoms with E-state index in [9.17, 15) is 4.79 Å². The molecule has 0 bridgehead atoms. The molecule has 0 unspecified atom stereocenters. The molecule has 1 aliphatic carbocycles. The lowest BCUT2D eigenvalue weighted by molar-refractivity contribution is 0.0930. The Balaban J connectivity index is 1.53. The fourth-order valence-corrected chi connectivity index (χ4v) is 4.18. The zero-order valence-corrected chi connectivity index (χ0v) is 15.6. The average Bonchev–Trinajstić information content (AvgIpc) is 3.37. The normalized spacial score (nSPS) is 15.2. The molecule has 3 nitrogen and oxygen atoms in total. The molecule has 0 radical (unpaired) electrons. The van der Waals surface area contributed by atoms with E-state index >= 15 is 0 Å². The number of H-pyrrole nitrogens is 1. The van der Waals surface area contributed by atoms with Crippen LogP contribution >= 0.6 is 0 Å². The number of rotatable bonds is 3. The standard InChI is InChI=1S/C24H22N2O/c1-15-12-19-16(2)14-25-22(19)13-20(15)23(27)26-24(10-11-24)21-9-5-7-17-6-3-4-8-18(17)21/h3-9,12-14,25H,10-11H2,1-2H3,(H,26,27). The lowest BCUT2D eigenvalue weighted by Crippen LogP contribution is -2.35. The molecule has 2 N–H and O–H groups in total. The van der Waals surface area contributed by atoms with Crippen LogP contribution in [0.1, 0.15) is 39.9 Å². The fourth-order valence-electron chi connectivity index (χ4n) is 4.18. The van der Waals surface area contributed by atoms with Gasteiger partial charge in [-0.2, -0.15) is 0 Å². The number of aromatic nitrogens is 1. The number of aromatic amines is 1. The summed E-state index contributed by atoms with van der Waals surface area (Å²) >= 11 is 0. The van der Waals surface area contributed by atoms with Gasteiger partial charge in [0.1, 0.15) is 0 Å². The second-order valence-electron chi connectivity index (χ2n) is 7.75. The predicted octanol–water partition coefficient (Wildman–Crippen LogP) is 5.36. The summed E-state index contributed by atoms with van der Waals surface area (Å²) in [5, 5.41) is 6.98. The molecule has 4 aromatic rings. The maximum Gasteiger partial charge on any atom is 0.252 e. The van der Waals surface area contributed by atoms with Crippen LogP contribution < -0.4 is 5.32 Å². The minimum absolute atomic E-state index is 0.00656. The van der Waals surface area contributed by atoms with Crippen LogP contribution in [0.5, 0.6) is 0 Å². The highest BCUT2D eigenvalue weighted by molar-refractivity contribution is 6.01. The van der Waals surface area contributed by atoms with Gasteiger partial charge in [-0.15, -0.1) is 0 Å². The molecule has 0 saturated heterocycles. The molecule has 1 aromatic heterocycles. The Bertz CT molecular complexity index is 1190. The van der Waals surface area contributed by atoms with Gasteiger partial charge in [-0.25, -0.2) is 0 Å². The van der Waals surface area contributed by atoms with Gasteiger partial charge in [0.2, 0.25) is 0 Å². The van der Waals surface area contributed by atoms with Crippen LogP contribution in [-0.4, -0.2) is 10.9 Å². The maximum atomic E-state index is 13.2. The summed E-state index contributed by atoms with van der Waals surface area (Å²) in [5.41, 5.74) is 4.95. The van der Waals surface area contributed by atoms with Gasteiger partial charge in [-0.05, 0) is 66.3 Å². The molecule has 134 valence electrons. The summed E-state index contributed by atoms with van der Waals surface area (Å²) in [6.07, 6.45) is 3.95. The molecular formula is C24H22N2O. The van der Waals surface area contributed by atoms with Crippen molar-refractivity contribution in [3.05, 3.63) is 83.0 Å². The zero-order valence-electron chi connectivity index (χ0n) is 15.6. The van der Waals surface area contributed by atoms with Gasteiger partial charge in [-0.1, -0.05) is 42.5 Å². The predicted molar refractivity (Wildman–Crippen MR) is 110 cm³/mol. The maximum absolute atomic E-state index is 13.2. The first kappa shape index (κ1) is 16.1. The van der Waals surface area contributed by atoms with Crippen LogP contribution in [0.25, 0.3) is 21.7 Å². The largest absolute Gasteiger partial charge is 0.361 e. The zero-order chi connectivity index (χ0) is 18.6. The molecule has 1 aliphatic rings. The first-order valence-electron chi connectivity index (χ1n) is 9.46. The summed E-state index contributed by atoms with van der Waals surface area (Å²) in [5.74, 6) is 0.00656. The lowest BCUT2D eigenvalue weighted by atomic mass is 9.96. The molecule has 1 saturated carbocycles. The van der Waals surface area contributed by atoms with E-state index in [0.717, 1.165) is 29.5 Å². The van der Waals surface area contributed by atoms with Gasteiger partial charge in [0.25, 0.3) is 5.91 Å². The van der Waals surface area contributed by atoms with Crippen molar-refractivity contribution in [2.45, 2.75) is 32.2 Å². The van der Waals surface area contributed by atoms with Crippen molar-refractivity contribution in [3.8, 4) is 0 Å². The van der Waals surface area contributed by atoms with Crippen molar-refractivity contribution in [1.29, 1.82) is 0 Å². The number of carbonyl (C=O) groups excluding carboxylic acids is 1. The average molecular weight is 354 g/mol. The quantitative estimate of drug-likeness (QED) is 0.511. The molecule has 0 spiro atoms. The van der Waals surface area contributed by atoms with E-state index in [1.165, 1.54) is 27.3 Å². The third kappa shape index (κ3) is 2.54. The van der Waals surface area contributed by atoms with Crippen molar-refractivity contribution >= 4 is 27.6 Å². The second kappa shape index (κ2) is 5.71. The number of hydrogen-bond acceptors (Lipinski definition) is 1. The molecule has 0 atom stereocenters. The molecule has 1 amide bonds. The third-order valence-electron chi connectivity index (χ3n) is 5.89. The van der Waals surface area contributed by atoms with Crippen LogP contribution in [0, 0.1) is 13.8 Å². The lowest BCUT2D eigenvalue weighted by Gasteiger charge is -2.21. The Hall–Kier alpha value is -3.07. The molecule has 1 fully saturated rings. The molecule has 27 heavy (non-hydrogen) atoms. The highest BCUT2D eigenvalue weighted by Crippen LogP contribution is 2.48. The Morgan fingerprint density at radius 1 is 0.963 bits per heavy atom. The van der Waals surface area contributed by atoms with Crippen molar-refractivity contribution in [3.63, 3.8) is 0 Å². The third-order valence-corrected chi connectivity index (χ3v) is 5.89. The van der Waals surface area contributed by atoms with E-state index in [2.05, 4.69) is 65.8 Å². The molecule has 5 rings (SSSR count). The number of hydrogen-bond donors (Lipinski definition) is 2. The van der Waals surface area contributed by atoms with E-state index in [0.29, 0.717) is 0 Å². The Kier molecular flexibility index (Phi) is 3.41. The van der Waals surface area contributed by atoms with Gasteiger partial charge in [0.05, 0.1) is 5.54 Å². The van der Waals surface area contributed by atoms with E-state index in [-0.39, 0.29) is 11.4 Å². The van der Waals surface area contributed by atoms with Gasteiger partial charge in [-0.3, -0.25) is 4.79 Å². The van der Waals surface area contributed by atoms with Crippen LogP contribution in [-0.2, 0) is 5.54 Å². The summed E-state index contributed by atoms with van der Waals surface area (Å²) < 4.78 is 0. The Labute approximate surface area is 158 Å².